The number of hydrogen-bond acceptors (Lipinski definition) is 3. The summed E-state index contributed by atoms with van der Waals surface area (Å²) in [5.74, 6) is -1.83. The van der Waals surface area contributed by atoms with Crippen LogP contribution in [0.1, 0.15) is 16.7 Å². The molecule has 160 valence electrons. The highest BCUT2D eigenvalue weighted by atomic mass is 79.9. The second-order valence-electron chi connectivity index (χ2n) is 7.10. The summed E-state index contributed by atoms with van der Waals surface area (Å²) in [5, 5.41) is 2.53. The molecule has 0 atom stereocenters. The lowest BCUT2D eigenvalue weighted by atomic mass is 10.0. The number of nitrogens with one attached hydrogen (secondary N) is 1. The molecule has 0 aliphatic carbocycles. The number of anilines is 1. The smallest absolute Gasteiger partial charge is 0.273 e. The SMILES string of the molecule is O=C1NC(=O)N(c2cccc(Cl)c2)C(=O)/C1=C/c1ccc(Cc2cccc(F)c2)c(Br)c1. The zero-order valence-electron chi connectivity index (χ0n) is 16.4. The molecule has 4 amide bonds. The van der Waals surface area contributed by atoms with E-state index in [2.05, 4.69) is 21.2 Å². The highest BCUT2D eigenvalue weighted by Gasteiger charge is 2.36. The number of rotatable bonds is 4. The zero-order valence-corrected chi connectivity index (χ0v) is 18.8. The number of imide groups is 2. The normalized spacial score (nSPS) is 15.3. The number of halogens is 3. The molecule has 0 bridgehead atoms. The number of carbonyl (C=O) groups excluding carboxylic acids is 3. The average Bonchev–Trinajstić information content (AvgIpc) is 2.73. The molecule has 5 nitrogen and oxygen atoms in total. The van der Waals surface area contributed by atoms with Gasteiger partial charge in [-0.2, -0.15) is 0 Å². The van der Waals surface area contributed by atoms with E-state index in [9.17, 15) is 18.8 Å². The van der Waals surface area contributed by atoms with Crippen molar-refractivity contribution < 1.29 is 18.8 Å². The van der Waals surface area contributed by atoms with Gasteiger partial charge < -0.3 is 0 Å². The Balaban J connectivity index is 1.63. The highest BCUT2D eigenvalue weighted by Crippen LogP contribution is 2.26. The van der Waals surface area contributed by atoms with Crippen molar-refractivity contribution in [3.63, 3.8) is 0 Å². The molecule has 0 radical (unpaired) electrons. The van der Waals surface area contributed by atoms with Crippen LogP contribution in [-0.4, -0.2) is 17.8 Å². The standard InChI is InChI=1S/C24H15BrClFN2O3/c25-21-12-15(7-8-16(21)9-14-3-1-5-18(27)10-14)11-20-22(30)28-24(32)29(23(20)31)19-6-2-4-17(26)13-19/h1-8,10-13H,9H2,(H,28,30,32)/b20-11+. The molecule has 32 heavy (non-hydrogen) atoms. The Bertz CT molecular complexity index is 1290. The summed E-state index contributed by atoms with van der Waals surface area (Å²) in [7, 11) is 0. The second-order valence-corrected chi connectivity index (χ2v) is 8.39. The Kier molecular flexibility index (Phi) is 6.21. The highest BCUT2D eigenvalue weighted by molar-refractivity contribution is 9.10. The second kappa shape index (κ2) is 9.06. The van der Waals surface area contributed by atoms with E-state index in [1.54, 1.807) is 36.4 Å². The van der Waals surface area contributed by atoms with Crippen LogP contribution in [0.5, 0.6) is 0 Å². The number of urea groups is 1. The van der Waals surface area contributed by atoms with Gasteiger partial charge in [0.25, 0.3) is 11.8 Å². The first-order valence-corrected chi connectivity index (χ1v) is 10.7. The molecular formula is C24H15BrClFN2O3. The molecule has 1 aliphatic heterocycles. The minimum absolute atomic E-state index is 0.186. The Labute approximate surface area is 196 Å². The summed E-state index contributed by atoms with van der Waals surface area (Å²) in [5.41, 5.74) is 2.38. The molecule has 0 saturated carbocycles. The largest absolute Gasteiger partial charge is 0.335 e. The topological polar surface area (TPSA) is 66.5 Å². The molecule has 0 aromatic heterocycles. The van der Waals surface area contributed by atoms with Gasteiger partial charge in [0, 0.05) is 9.50 Å². The molecule has 1 N–H and O–H groups in total. The molecular weight excluding hydrogens is 499 g/mol. The third-order valence-corrected chi connectivity index (χ3v) is 5.81. The Morgan fingerprint density at radius 1 is 1.00 bits per heavy atom. The summed E-state index contributed by atoms with van der Waals surface area (Å²) < 4.78 is 14.2. The van der Waals surface area contributed by atoms with Crippen molar-refractivity contribution in [1.29, 1.82) is 0 Å². The first-order chi connectivity index (χ1) is 15.3. The van der Waals surface area contributed by atoms with Crippen LogP contribution in [0, 0.1) is 5.82 Å². The van der Waals surface area contributed by atoms with Crippen LogP contribution in [0.25, 0.3) is 6.08 Å². The molecule has 3 aromatic rings. The molecule has 1 fully saturated rings. The third-order valence-electron chi connectivity index (χ3n) is 4.84. The molecule has 4 rings (SSSR count). The third kappa shape index (κ3) is 4.64. The molecule has 8 heteroatoms. The van der Waals surface area contributed by atoms with Gasteiger partial charge >= 0.3 is 6.03 Å². The maximum absolute atomic E-state index is 13.4. The maximum atomic E-state index is 13.4. The fourth-order valence-electron chi connectivity index (χ4n) is 3.34. The Hall–Kier alpha value is -3.29. The number of carbonyl (C=O) groups is 3. The van der Waals surface area contributed by atoms with E-state index < -0.39 is 17.8 Å². The van der Waals surface area contributed by atoms with E-state index in [0.29, 0.717) is 17.0 Å². The van der Waals surface area contributed by atoms with E-state index in [1.807, 2.05) is 12.1 Å². The minimum atomic E-state index is -0.842. The van der Waals surface area contributed by atoms with E-state index in [-0.39, 0.29) is 17.1 Å². The summed E-state index contributed by atoms with van der Waals surface area (Å²) >= 11 is 9.47. The predicted molar refractivity (Wildman–Crippen MR) is 124 cm³/mol. The van der Waals surface area contributed by atoms with Crippen molar-refractivity contribution in [1.82, 2.24) is 5.32 Å². The van der Waals surface area contributed by atoms with Crippen molar-refractivity contribution in [3.05, 3.63) is 104 Å². The van der Waals surface area contributed by atoms with Crippen LogP contribution in [-0.2, 0) is 16.0 Å². The van der Waals surface area contributed by atoms with Gasteiger partial charge in [0.05, 0.1) is 5.69 Å². The lowest BCUT2D eigenvalue weighted by Gasteiger charge is -2.26. The number of benzene rings is 3. The maximum Gasteiger partial charge on any atom is 0.335 e. The van der Waals surface area contributed by atoms with Gasteiger partial charge in [-0.05, 0) is 65.6 Å². The first-order valence-electron chi connectivity index (χ1n) is 9.52. The lowest BCUT2D eigenvalue weighted by molar-refractivity contribution is -0.122. The summed E-state index contributed by atoms with van der Waals surface area (Å²) in [4.78, 5) is 38.5. The van der Waals surface area contributed by atoms with E-state index in [1.165, 1.54) is 24.3 Å². The van der Waals surface area contributed by atoms with Gasteiger partial charge in [-0.3, -0.25) is 14.9 Å². The Morgan fingerprint density at radius 2 is 1.78 bits per heavy atom. The molecule has 1 heterocycles. The minimum Gasteiger partial charge on any atom is -0.273 e. The molecule has 1 saturated heterocycles. The van der Waals surface area contributed by atoms with Crippen molar-refractivity contribution in [2.45, 2.75) is 6.42 Å². The van der Waals surface area contributed by atoms with Gasteiger partial charge in [-0.15, -0.1) is 0 Å². The van der Waals surface area contributed by atoms with Crippen LogP contribution in [0.4, 0.5) is 14.9 Å². The fourth-order valence-corrected chi connectivity index (χ4v) is 4.06. The van der Waals surface area contributed by atoms with Gasteiger partial charge in [0.2, 0.25) is 0 Å². The summed E-state index contributed by atoms with van der Waals surface area (Å²) in [6.45, 7) is 0. The predicted octanol–water partition coefficient (Wildman–Crippen LogP) is 5.50. The van der Waals surface area contributed by atoms with Crippen LogP contribution >= 0.6 is 27.5 Å². The molecule has 0 unspecified atom stereocenters. The van der Waals surface area contributed by atoms with Gasteiger partial charge in [-0.1, -0.05) is 57.9 Å². The van der Waals surface area contributed by atoms with Crippen LogP contribution in [0.15, 0.2) is 76.8 Å². The monoisotopic (exact) mass is 512 g/mol. The molecule has 3 aromatic carbocycles. The zero-order chi connectivity index (χ0) is 22.8. The van der Waals surface area contributed by atoms with E-state index in [0.717, 1.165) is 20.5 Å². The fraction of sp³-hybridized carbons (Fsp3) is 0.0417. The van der Waals surface area contributed by atoms with Crippen molar-refractivity contribution in [2.75, 3.05) is 4.90 Å². The van der Waals surface area contributed by atoms with Crippen molar-refractivity contribution >= 4 is 57.1 Å². The number of nitrogens with zero attached hydrogens (tertiary/aromatic N) is 1. The Morgan fingerprint density at radius 3 is 2.50 bits per heavy atom. The first kappa shape index (κ1) is 21.9. The molecule has 1 aliphatic rings. The van der Waals surface area contributed by atoms with E-state index >= 15 is 0 Å². The summed E-state index contributed by atoms with van der Waals surface area (Å²) in [6, 6.07) is 17.0. The number of amides is 4. The quantitative estimate of drug-likeness (QED) is 0.370. The van der Waals surface area contributed by atoms with Gasteiger partial charge in [0.15, 0.2) is 0 Å². The number of barbiturate groups is 1. The lowest BCUT2D eigenvalue weighted by Crippen LogP contribution is -2.54. The van der Waals surface area contributed by atoms with E-state index in [4.69, 9.17) is 11.6 Å². The van der Waals surface area contributed by atoms with Crippen LogP contribution in [0.3, 0.4) is 0 Å². The van der Waals surface area contributed by atoms with Crippen LogP contribution in [0.2, 0.25) is 5.02 Å². The molecule has 0 spiro atoms. The van der Waals surface area contributed by atoms with Crippen molar-refractivity contribution in [2.24, 2.45) is 0 Å². The van der Waals surface area contributed by atoms with Gasteiger partial charge in [-0.25, -0.2) is 14.1 Å². The van der Waals surface area contributed by atoms with Gasteiger partial charge in [0.1, 0.15) is 11.4 Å². The average molecular weight is 514 g/mol. The number of hydrogen-bond donors (Lipinski definition) is 1. The summed E-state index contributed by atoms with van der Waals surface area (Å²) in [6.07, 6.45) is 1.92. The van der Waals surface area contributed by atoms with Crippen LogP contribution < -0.4 is 10.2 Å². The van der Waals surface area contributed by atoms with Crippen molar-refractivity contribution in [3.8, 4) is 0 Å².